The van der Waals surface area contributed by atoms with E-state index in [9.17, 15) is 0 Å². The predicted octanol–water partition coefficient (Wildman–Crippen LogP) is 3.16. The van der Waals surface area contributed by atoms with E-state index in [4.69, 9.17) is 0 Å². The van der Waals surface area contributed by atoms with Crippen molar-refractivity contribution >= 4 is 16.6 Å². The fraction of sp³-hybridized carbons (Fsp3) is 0.462. The molecule has 3 nitrogen and oxygen atoms in total. The second-order valence-corrected chi connectivity index (χ2v) is 4.67. The number of hydrogen-bond donors (Lipinski definition) is 2. The van der Waals surface area contributed by atoms with Crippen molar-refractivity contribution in [3.63, 3.8) is 0 Å². The number of H-pyrrole nitrogens is 1. The van der Waals surface area contributed by atoms with Crippen molar-refractivity contribution < 1.29 is 0 Å². The molecule has 0 saturated heterocycles. The van der Waals surface area contributed by atoms with Gasteiger partial charge in [0.15, 0.2) is 0 Å². The third kappa shape index (κ3) is 1.77. The van der Waals surface area contributed by atoms with Gasteiger partial charge in [0, 0.05) is 17.1 Å². The zero-order valence-electron chi connectivity index (χ0n) is 9.53. The molecule has 1 aromatic heterocycles. The van der Waals surface area contributed by atoms with Crippen molar-refractivity contribution in [2.75, 3.05) is 5.32 Å². The van der Waals surface area contributed by atoms with Crippen LogP contribution in [0.5, 0.6) is 0 Å². The van der Waals surface area contributed by atoms with Crippen LogP contribution in [-0.2, 0) is 0 Å². The van der Waals surface area contributed by atoms with Crippen molar-refractivity contribution in [2.24, 2.45) is 5.92 Å². The van der Waals surface area contributed by atoms with Crippen LogP contribution in [0.4, 0.5) is 5.69 Å². The molecule has 0 spiro atoms. The summed E-state index contributed by atoms with van der Waals surface area (Å²) in [6, 6.07) is 7.04. The maximum absolute atomic E-state index is 4.04. The molecule has 2 N–H and O–H groups in total. The lowest BCUT2D eigenvalue weighted by atomic mass is 10.1. The maximum Gasteiger partial charge on any atom is 0.0670 e. The molecule has 1 heterocycles. The van der Waals surface area contributed by atoms with Crippen molar-refractivity contribution in [3.8, 4) is 0 Å². The maximum atomic E-state index is 4.04. The normalized spacial score (nSPS) is 17.6. The van der Waals surface area contributed by atoms with Crippen molar-refractivity contribution in [2.45, 2.75) is 32.2 Å². The first-order chi connectivity index (χ1) is 7.86. The third-order valence-electron chi connectivity index (χ3n) is 3.42. The van der Waals surface area contributed by atoms with Crippen LogP contribution in [0.3, 0.4) is 0 Å². The van der Waals surface area contributed by atoms with E-state index in [2.05, 4.69) is 40.6 Å². The summed E-state index contributed by atoms with van der Waals surface area (Å²) >= 11 is 0. The predicted molar refractivity (Wildman–Crippen MR) is 66.5 cm³/mol. The smallest absolute Gasteiger partial charge is 0.0670 e. The van der Waals surface area contributed by atoms with Gasteiger partial charge in [-0.1, -0.05) is 6.92 Å². The monoisotopic (exact) mass is 215 g/mol. The molecule has 0 aliphatic heterocycles. The Kier molecular flexibility index (Phi) is 2.31. The van der Waals surface area contributed by atoms with E-state index in [-0.39, 0.29) is 0 Å². The lowest BCUT2D eigenvalue weighted by Crippen LogP contribution is -2.20. The minimum absolute atomic E-state index is 0.639. The number of anilines is 1. The molecule has 1 aromatic carbocycles. The Balaban J connectivity index is 1.81. The number of fused-ring (bicyclic) bond motifs is 1. The van der Waals surface area contributed by atoms with Crippen LogP contribution in [-0.4, -0.2) is 16.2 Å². The zero-order chi connectivity index (χ0) is 11.0. The average Bonchev–Trinajstić information content (AvgIpc) is 3.04. The molecule has 2 aromatic rings. The second kappa shape index (κ2) is 3.81. The van der Waals surface area contributed by atoms with Crippen molar-refractivity contribution in [1.82, 2.24) is 10.2 Å². The standard InChI is InChI=1S/C13H17N3/c1-2-12(9-3-4-9)15-11-6-5-10-8-14-16-13(10)7-11/h5-9,12,15H,2-4H2,1H3,(H,14,16). The molecule has 3 rings (SSSR count). The highest BCUT2D eigenvalue weighted by Crippen LogP contribution is 2.35. The van der Waals surface area contributed by atoms with E-state index < -0.39 is 0 Å². The molecule has 0 bridgehead atoms. The molecule has 3 heteroatoms. The van der Waals surface area contributed by atoms with Gasteiger partial charge in [-0.2, -0.15) is 5.10 Å². The number of rotatable bonds is 4. The molecule has 1 aliphatic carbocycles. The quantitative estimate of drug-likeness (QED) is 0.822. The third-order valence-corrected chi connectivity index (χ3v) is 3.42. The fourth-order valence-corrected chi connectivity index (χ4v) is 2.29. The molecular formula is C13H17N3. The van der Waals surface area contributed by atoms with E-state index in [1.807, 2.05) is 6.20 Å². The van der Waals surface area contributed by atoms with Crippen LogP contribution in [0.15, 0.2) is 24.4 Å². The van der Waals surface area contributed by atoms with Crippen LogP contribution in [0.2, 0.25) is 0 Å². The first-order valence-corrected chi connectivity index (χ1v) is 6.06. The second-order valence-electron chi connectivity index (χ2n) is 4.67. The van der Waals surface area contributed by atoms with E-state index in [1.165, 1.54) is 30.3 Å². The van der Waals surface area contributed by atoms with Gasteiger partial charge in [0.05, 0.1) is 11.7 Å². The largest absolute Gasteiger partial charge is 0.382 e. The Morgan fingerprint density at radius 3 is 3.12 bits per heavy atom. The highest BCUT2D eigenvalue weighted by molar-refractivity contribution is 5.81. The molecule has 16 heavy (non-hydrogen) atoms. The summed E-state index contributed by atoms with van der Waals surface area (Å²) in [4.78, 5) is 0. The van der Waals surface area contributed by atoms with Gasteiger partial charge in [0.2, 0.25) is 0 Å². The van der Waals surface area contributed by atoms with Crippen molar-refractivity contribution in [3.05, 3.63) is 24.4 Å². The first kappa shape index (κ1) is 9.70. The summed E-state index contributed by atoms with van der Waals surface area (Å²) in [6.45, 7) is 2.25. The molecule has 0 radical (unpaired) electrons. The number of nitrogens with zero attached hydrogens (tertiary/aromatic N) is 1. The molecule has 84 valence electrons. The average molecular weight is 215 g/mol. The van der Waals surface area contributed by atoms with E-state index >= 15 is 0 Å². The van der Waals surface area contributed by atoms with E-state index in [1.54, 1.807) is 0 Å². The van der Waals surface area contributed by atoms with Crippen LogP contribution in [0.1, 0.15) is 26.2 Å². The molecule has 1 atom stereocenters. The van der Waals surface area contributed by atoms with Crippen LogP contribution in [0.25, 0.3) is 10.9 Å². The lowest BCUT2D eigenvalue weighted by Gasteiger charge is -2.17. The highest BCUT2D eigenvalue weighted by atomic mass is 15.1. The summed E-state index contributed by atoms with van der Waals surface area (Å²) in [5.41, 5.74) is 2.31. The minimum atomic E-state index is 0.639. The fourth-order valence-electron chi connectivity index (χ4n) is 2.29. The van der Waals surface area contributed by atoms with Gasteiger partial charge in [-0.05, 0) is 43.4 Å². The number of aromatic amines is 1. The molecular weight excluding hydrogens is 198 g/mol. The van der Waals surface area contributed by atoms with E-state index in [0.717, 1.165) is 11.4 Å². The summed E-state index contributed by atoms with van der Waals surface area (Å²) in [6.07, 6.45) is 5.83. The van der Waals surface area contributed by atoms with Gasteiger partial charge >= 0.3 is 0 Å². The zero-order valence-corrected chi connectivity index (χ0v) is 9.53. The van der Waals surface area contributed by atoms with Crippen molar-refractivity contribution in [1.29, 1.82) is 0 Å². The van der Waals surface area contributed by atoms with Gasteiger partial charge < -0.3 is 5.32 Å². The van der Waals surface area contributed by atoms with Gasteiger partial charge in [0.25, 0.3) is 0 Å². The SMILES string of the molecule is CCC(Nc1ccc2cn[nH]c2c1)C1CC1. The first-order valence-electron chi connectivity index (χ1n) is 6.06. The molecule has 0 amide bonds. The molecule has 1 unspecified atom stereocenters. The summed E-state index contributed by atoms with van der Waals surface area (Å²) in [5.74, 6) is 0.891. The van der Waals surface area contributed by atoms with Gasteiger partial charge in [-0.15, -0.1) is 0 Å². The Labute approximate surface area is 95.2 Å². The van der Waals surface area contributed by atoms with Crippen LogP contribution in [0, 0.1) is 5.92 Å². The number of nitrogens with one attached hydrogen (secondary N) is 2. The van der Waals surface area contributed by atoms with Crippen LogP contribution < -0.4 is 5.32 Å². The van der Waals surface area contributed by atoms with Crippen LogP contribution >= 0.6 is 0 Å². The Hall–Kier alpha value is -1.51. The summed E-state index contributed by atoms with van der Waals surface area (Å²) in [7, 11) is 0. The molecule has 1 fully saturated rings. The van der Waals surface area contributed by atoms with E-state index in [0.29, 0.717) is 6.04 Å². The Morgan fingerprint density at radius 2 is 2.38 bits per heavy atom. The highest BCUT2D eigenvalue weighted by Gasteiger charge is 2.29. The number of hydrogen-bond acceptors (Lipinski definition) is 2. The van der Waals surface area contributed by atoms with Gasteiger partial charge in [-0.25, -0.2) is 0 Å². The topological polar surface area (TPSA) is 40.7 Å². The molecule has 1 saturated carbocycles. The summed E-state index contributed by atoms with van der Waals surface area (Å²) < 4.78 is 0. The summed E-state index contributed by atoms with van der Waals surface area (Å²) in [5, 5.41) is 11.8. The number of benzene rings is 1. The number of aromatic nitrogens is 2. The van der Waals surface area contributed by atoms with Gasteiger partial charge in [-0.3, -0.25) is 5.10 Å². The minimum Gasteiger partial charge on any atom is -0.382 e. The Bertz CT molecular complexity index is 485. The van der Waals surface area contributed by atoms with Gasteiger partial charge in [0.1, 0.15) is 0 Å². The lowest BCUT2D eigenvalue weighted by molar-refractivity contribution is 0.617. The Morgan fingerprint density at radius 1 is 1.50 bits per heavy atom. The molecule has 1 aliphatic rings.